The Balaban J connectivity index is 1.75. The van der Waals surface area contributed by atoms with Crippen LogP contribution in [0, 0.1) is 23.4 Å². The molecule has 10 heteroatoms. The molecule has 3 rings (SSSR count). The van der Waals surface area contributed by atoms with Gasteiger partial charge in [-0.05, 0) is 56.2 Å². The first-order chi connectivity index (χ1) is 15.6. The second-order valence-corrected chi connectivity index (χ2v) is 9.24. The molecule has 6 nitrogen and oxygen atoms in total. The van der Waals surface area contributed by atoms with E-state index in [1.807, 2.05) is 25.3 Å². The number of amides is 1. The minimum absolute atomic E-state index is 0.0977. The van der Waals surface area contributed by atoms with Gasteiger partial charge in [0.15, 0.2) is 17.1 Å². The number of benzene rings is 2. The van der Waals surface area contributed by atoms with E-state index in [1.165, 1.54) is 42.1 Å². The van der Waals surface area contributed by atoms with Crippen LogP contribution < -0.4 is 10.1 Å². The molecule has 0 aliphatic carbocycles. The second kappa shape index (κ2) is 10.7. The molecule has 0 fully saturated rings. The standard InChI is InChI=1S/C23H25F3N4O2S/c1-13(2)12-30-21(14(3)32-18-8-5-16(24)6-9-18)28-29-23(30)33-15(4)22(31)27-20-10-7-17(25)11-19(20)26/h5-11,13-15H,12H2,1-4H3,(H,27,31). The maximum Gasteiger partial charge on any atom is 0.237 e. The summed E-state index contributed by atoms with van der Waals surface area (Å²) in [5, 5.41) is 10.8. The lowest BCUT2D eigenvalue weighted by Gasteiger charge is -2.18. The molecule has 1 heterocycles. The van der Waals surface area contributed by atoms with Crippen LogP contribution in [-0.2, 0) is 11.3 Å². The summed E-state index contributed by atoms with van der Waals surface area (Å²) in [6.07, 6.45) is -0.478. The van der Waals surface area contributed by atoms with E-state index in [-0.39, 0.29) is 17.4 Å². The van der Waals surface area contributed by atoms with Gasteiger partial charge < -0.3 is 14.6 Å². The first kappa shape index (κ1) is 24.6. The molecular weight excluding hydrogens is 453 g/mol. The molecule has 2 aromatic carbocycles. The SMILES string of the molecule is CC(C)Cn1c(SC(C)C(=O)Nc2ccc(F)cc2F)nnc1C(C)Oc1ccc(F)cc1. The molecule has 1 amide bonds. The average Bonchev–Trinajstić information content (AvgIpc) is 3.13. The Morgan fingerprint density at radius 3 is 2.33 bits per heavy atom. The van der Waals surface area contributed by atoms with E-state index in [4.69, 9.17) is 4.74 Å². The minimum atomic E-state index is -0.849. The predicted octanol–water partition coefficient (Wildman–Crippen LogP) is 5.61. The molecule has 0 saturated carbocycles. The fourth-order valence-corrected chi connectivity index (χ4v) is 3.90. The minimum Gasteiger partial charge on any atom is -0.483 e. The summed E-state index contributed by atoms with van der Waals surface area (Å²) in [7, 11) is 0. The third kappa shape index (κ3) is 6.50. The zero-order valence-electron chi connectivity index (χ0n) is 18.7. The Hall–Kier alpha value is -3.01. The van der Waals surface area contributed by atoms with Crippen molar-refractivity contribution in [1.29, 1.82) is 0 Å². The van der Waals surface area contributed by atoms with Gasteiger partial charge >= 0.3 is 0 Å². The number of aromatic nitrogens is 3. The second-order valence-electron chi connectivity index (χ2n) is 7.93. The monoisotopic (exact) mass is 478 g/mol. The van der Waals surface area contributed by atoms with Crippen molar-refractivity contribution in [1.82, 2.24) is 14.8 Å². The maximum absolute atomic E-state index is 13.9. The van der Waals surface area contributed by atoms with Crippen LogP contribution >= 0.6 is 11.8 Å². The number of nitrogens with one attached hydrogen (secondary N) is 1. The van der Waals surface area contributed by atoms with Crippen molar-refractivity contribution in [3.05, 3.63) is 65.7 Å². The molecule has 2 unspecified atom stereocenters. The molecule has 176 valence electrons. The largest absolute Gasteiger partial charge is 0.483 e. The molecule has 1 aromatic heterocycles. The van der Waals surface area contributed by atoms with Crippen LogP contribution in [0.2, 0.25) is 0 Å². The number of thioether (sulfide) groups is 1. The van der Waals surface area contributed by atoms with Gasteiger partial charge in [0, 0.05) is 12.6 Å². The molecule has 3 aromatic rings. The van der Waals surface area contributed by atoms with Gasteiger partial charge in [0.25, 0.3) is 0 Å². The van der Waals surface area contributed by atoms with E-state index in [0.29, 0.717) is 29.3 Å². The molecule has 0 spiro atoms. The van der Waals surface area contributed by atoms with Gasteiger partial charge in [-0.1, -0.05) is 25.6 Å². The number of hydrogen-bond acceptors (Lipinski definition) is 5. The zero-order chi connectivity index (χ0) is 24.1. The highest BCUT2D eigenvalue weighted by molar-refractivity contribution is 8.00. The van der Waals surface area contributed by atoms with Crippen LogP contribution in [-0.4, -0.2) is 25.9 Å². The third-order valence-electron chi connectivity index (χ3n) is 4.62. The number of carbonyl (C=O) groups excluding carboxylic acids is 1. The summed E-state index contributed by atoms with van der Waals surface area (Å²) in [6.45, 7) is 8.14. The van der Waals surface area contributed by atoms with Crippen molar-refractivity contribution in [2.24, 2.45) is 5.92 Å². The van der Waals surface area contributed by atoms with Crippen molar-refractivity contribution in [2.75, 3.05) is 5.32 Å². The van der Waals surface area contributed by atoms with Crippen molar-refractivity contribution >= 4 is 23.4 Å². The summed E-state index contributed by atoms with van der Waals surface area (Å²) in [5.41, 5.74) is -0.0977. The lowest BCUT2D eigenvalue weighted by atomic mass is 10.2. The van der Waals surface area contributed by atoms with Crippen molar-refractivity contribution < 1.29 is 22.7 Å². The van der Waals surface area contributed by atoms with Gasteiger partial charge in [0.2, 0.25) is 5.91 Å². The molecule has 33 heavy (non-hydrogen) atoms. The van der Waals surface area contributed by atoms with E-state index in [9.17, 15) is 18.0 Å². The molecule has 2 atom stereocenters. The fourth-order valence-electron chi connectivity index (χ4n) is 3.03. The number of hydrogen-bond donors (Lipinski definition) is 1. The fraction of sp³-hybridized carbons (Fsp3) is 0.348. The van der Waals surface area contributed by atoms with Crippen LogP contribution in [0.4, 0.5) is 18.9 Å². The van der Waals surface area contributed by atoms with Crippen molar-refractivity contribution in [3.63, 3.8) is 0 Å². The summed E-state index contributed by atoms with van der Waals surface area (Å²) in [6, 6.07) is 8.65. The van der Waals surface area contributed by atoms with E-state index in [0.717, 1.165) is 6.07 Å². The van der Waals surface area contributed by atoms with Crippen LogP contribution in [0.15, 0.2) is 47.6 Å². The van der Waals surface area contributed by atoms with Crippen LogP contribution in [0.5, 0.6) is 5.75 Å². The highest BCUT2D eigenvalue weighted by atomic mass is 32.2. The molecule has 0 bridgehead atoms. The lowest BCUT2D eigenvalue weighted by molar-refractivity contribution is -0.115. The van der Waals surface area contributed by atoms with Crippen LogP contribution in [0.3, 0.4) is 0 Å². The topological polar surface area (TPSA) is 69.0 Å². The highest BCUT2D eigenvalue weighted by Crippen LogP contribution is 2.28. The Morgan fingerprint density at radius 1 is 1.03 bits per heavy atom. The number of rotatable bonds is 9. The van der Waals surface area contributed by atoms with E-state index in [2.05, 4.69) is 15.5 Å². The average molecular weight is 479 g/mol. The summed E-state index contributed by atoms with van der Waals surface area (Å²) < 4.78 is 47.9. The van der Waals surface area contributed by atoms with Gasteiger partial charge in [0.05, 0.1) is 10.9 Å². The van der Waals surface area contributed by atoms with Gasteiger partial charge in [-0.3, -0.25) is 4.79 Å². The highest BCUT2D eigenvalue weighted by Gasteiger charge is 2.24. The van der Waals surface area contributed by atoms with Crippen molar-refractivity contribution in [3.8, 4) is 5.75 Å². The number of anilines is 1. The molecule has 0 radical (unpaired) electrons. The number of nitrogens with zero attached hydrogens (tertiary/aromatic N) is 3. The number of ether oxygens (including phenoxy) is 1. The van der Waals surface area contributed by atoms with E-state index < -0.39 is 28.9 Å². The number of carbonyl (C=O) groups is 1. The molecule has 0 saturated heterocycles. The van der Waals surface area contributed by atoms with E-state index in [1.54, 1.807) is 6.92 Å². The van der Waals surface area contributed by atoms with Gasteiger partial charge in [0.1, 0.15) is 23.2 Å². The Labute approximate surface area is 194 Å². The van der Waals surface area contributed by atoms with Crippen molar-refractivity contribution in [2.45, 2.75) is 50.8 Å². The smallest absolute Gasteiger partial charge is 0.237 e. The van der Waals surface area contributed by atoms with Gasteiger partial charge in [-0.25, -0.2) is 13.2 Å². The normalized spacial score (nSPS) is 13.1. The Kier molecular flexibility index (Phi) is 8.01. The number of halogens is 3. The molecule has 0 aliphatic rings. The first-order valence-corrected chi connectivity index (χ1v) is 11.3. The van der Waals surface area contributed by atoms with E-state index >= 15 is 0 Å². The summed E-state index contributed by atoms with van der Waals surface area (Å²) in [5.74, 6) is -1.07. The summed E-state index contributed by atoms with van der Waals surface area (Å²) in [4.78, 5) is 12.6. The van der Waals surface area contributed by atoms with Gasteiger partial charge in [-0.15, -0.1) is 10.2 Å². The van der Waals surface area contributed by atoms with Crippen LogP contribution in [0.25, 0.3) is 0 Å². The lowest BCUT2D eigenvalue weighted by Crippen LogP contribution is -2.24. The first-order valence-electron chi connectivity index (χ1n) is 10.4. The molecule has 1 N–H and O–H groups in total. The summed E-state index contributed by atoms with van der Waals surface area (Å²) >= 11 is 1.17. The van der Waals surface area contributed by atoms with Crippen LogP contribution in [0.1, 0.15) is 39.6 Å². The Morgan fingerprint density at radius 2 is 1.70 bits per heavy atom. The predicted molar refractivity (Wildman–Crippen MR) is 121 cm³/mol. The quantitative estimate of drug-likeness (QED) is 0.405. The zero-order valence-corrected chi connectivity index (χ0v) is 19.5. The Bertz CT molecular complexity index is 1110. The third-order valence-corrected chi connectivity index (χ3v) is 5.70. The maximum atomic E-state index is 13.9. The molecule has 0 aliphatic heterocycles. The molecular formula is C23H25F3N4O2S. The van der Waals surface area contributed by atoms with Gasteiger partial charge in [-0.2, -0.15) is 0 Å².